The molecule has 0 spiro atoms. The van der Waals surface area contributed by atoms with Crippen LogP contribution in [0.1, 0.15) is 0 Å². The van der Waals surface area contributed by atoms with Gasteiger partial charge >= 0.3 is 57.7 Å². The van der Waals surface area contributed by atoms with Crippen LogP contribution in [-0.4, -0.2) is 9.85 Å². The maximum atomic E-state index is 10.1. The first-order chi connectivity index (χ1) is 9.43. The molecule has 0 radical (unpaired) electrons. The number of rotatable bonds is 2. The first-order valence-electron chi connectivity index (χ1n) is 5.24. The van der Waals surface area contributed by atoms with Gasteiger partial charge in [-0.05, 0) is 12.1 Å². The molecule has 160 valence electrons. The van der Waals surface area contributed by atoms with Crippen LogP contribution in [0.25, 0.3) is 0 Å². The first kappa shape index (κ1) is 56.3. The molecule has 17 nitrogen and oxygen atoms in total. The Balaban J connectivity index is -0.0000000301. The van der Waals surface area contributed by atoms with Crippen molar-refractivity contribution in [3.05, 3.63) is 56.9 Å². The average Bonchev–Trinajstić information content (AvgIpc) is 2.40. The smallest absolute Gasteiger partial charge is 2.00 e. The van der Waals surface area contributed by atoms with Crippen LogP contribution in [0.4, 0.5) is 23.0 Å². The molecule has 0 atom stereocenters. The summed E-state index contributed by atoms with van der Waals surface area (Å²) in [4.78, 5) is 24.2. The number of aromatic amines is 2. The van der Waals surface area contributed by atoms with E-state index in [1.807, 2.05) is 0 Å². The van der Waals surface area contributed by atoms with Gasteiger partial charge in [-0.1, -0.05) is 0 Å². The quantitative estimate of drug-likeness (QED) is 0.393. The number of nitro groups is 2. The molecule has 0 bridgehead atoms. The fourth-order valence-corrected chi connectivity index (χ4v) is 1.20. The van der Waals surface area contributed by atoms with Crippen molar-refractivity contribution in [2.45, 2.75) is 0 Å². The van der Waals surface area contributed by atoms with Crippen molar-refractivity contribution in [2.24, 2.45) is 0 Å². The van der Waals surface area contributed by atoms with Crippen LogP contribution in [0.3, 0.4) is 0 Å². The molecule has 2 aromatic rings. The molecule has 29 heavy (non-hydrogen) atoms. The van der Waals surface area contributed by atoms with E-state index in [1.54, 1.807) is 0 Å². The minimum Gasteiger partial charge on any atom is -2.00 e. The minimum absolute atomic E-state index is 0. The molecule has 6 N–H and O–H groups in total. The van der Waals surface area contributed by atoms with E-state index in [1.165, 1.54) is 36.7 Å². The van der Waals surface area contributed by atoms with Crippen molar-refractivity contribution in [1.82, 2.24) is 0 Å². The standard InChI is InChI=1S/2C5H5N3O2.2Cr.7O/c2*6-5-4(8(9)10)2-1-3-7-5;;;;;;;;;/h2*1-3H,(H2,6,7);;;;;;;;;/q;;2*+6;7*-2/p+2. The maximum Gasteiger partial charge on any atom is 6.00 e. The van der Waals surface area contributed by atoms with Gasteiger partial charge in [-0.25, -0.2) is 9.97 Å². The van der Waals surface area contributed by atoms with E-state index < -0.39 is 9.85 Å². The van der Waals surface area contributed by atoms with E-state index in [0.29, 0.717) is 0 Å². The van der Waals surface area contributed by atoms with Gasteiger partial charge in [0.2, 0.25) is 0 Å². The number of nitrogens with two attached hydrogens (primary N) is 2. The summed E-state index contributed by atoms with van der Waals surface area (Å²) < 4.78 is 0. The number of hydrogen-bond donors (Lipinski definition) is 2. The first-order valence-corrected chi connectivity index (χ1v) is 5.24. The number of aromatic nitrogens is 2. The summed E-state index contributed by atoms with van der Waals surface area (Å²) in [5.74, 6) is 0.153. The topological polar surface area (TPSA) is 366 Å². The molecular formula is C10H12Cr2N6O11. The van der Waals surface area contributed by atoms with Crippen molar-refractivity contribution in [3.8, 4) is 0 Å². The van der Waals surface area contributed by atoms with Crippen molar-refractivity contribution >= 4 is 23.0 Å². The van der Waals surface area contributed by atoms with Gasteiger partial charge < -0.3 is 38.3 Å². The molecule has 2 heterocycles. The fraction of sp³-hybridized carbons (Fsp3) is 0. The Morgan fingerprint density at radius 2 is 0.897 bits per heavy atom. The van der Waals surface area contributed by atoms with Crippen LogP contribution in [0.2, 0.25) is 0 Å². The molecule has 19 heteroatoms. The SMILES string of the molecule is Nc1[nH+]cccc1[N+](=O)[O-].Nc1[nH+]cccc1[N+](=O)[O-].[Cr+6].[Cr+6].[O-2].[O-2].[O-2].[O-2].[O-2].[O-2].[O-2]. The van der Waals surface area contributed by atoms with Gasteiger partial charge in [-0.2, -0.15) is 0 Å². The normalized spacial score (nSPS) is 6.34. The van der Waals surface area contributed by atoms with Crippen LogP contribution < -0.4 is 21.4 Å². The van der Waals surface area contributed by atoms with E-state index in [9.17, 15) is 20.2 Å². The molecule has 0 aliphatic carbocycles. The summed E-state index contributed by atoms with van der Waals surface area (Å²) in [6, 6.07) is 5.72. The number of nitrogen functional groups attached to an aromatic ring is 2. The van der Waals surface area contributed by atoms with Gasteiger partial charge in [0.15, 0.2) is 0 Å². The van der Waals surface area contributed by atoms with Crippen LogP contribution in [-0.2, 0) is 73.1 Å². The van der Waals surface area contributed by atoms with E-state index in [0.717, 1.165) is 0 Å². The number of hydrogen-bond acceptors (Lipinski definition) is 6. The predicted molar refractivity (Wildman–Crippen MR) is 72.9 cm³/mol. The third-order valence-corrected chi connectivity index (χ3v) is 2.12. The second kappa shape index (κ2) is 27.7. The van der Waals surface area contributed by atoms with Crippen molar-refractivity contribution in [3.63, 3.8) is 0 Å². The van der Waals surface area contributed by atoms with Crippen molar-refractivity contribution < 1.29 is 92.9 Å². The van der Waals surface area contributed by atoms with Crippen molar-refractivity contribution in [2.75, 3.05) is 11.5 Å². The molecule has 0 amide bonds. The molecule has 0 unspecified atom stereocenters. The largest absolute Gasteiger partial charge is 6.00 e. The monoisotopic (exact) mass is 496 g/mol. The summed E-state index contributed by atoms with van der Waals surface area (Å²) in [6.07, 6.45) is 3.06. The maximum absolute atomic E-state index is 10.1. The Hall–Kier alpha value is -2.52. The Morgan fingerprint density at radius 1 is 0.655 bits per heavy atom. The number of nitrogens with one attached hydrogen (secondary N) is 2. The molecule has 0 aromatic carbocycles. The fourth-order valence-electron chi connectivity index (χ4n) is 1.20. The van der Waals surface area contributed by atoms with Gasteiger partial charge in [0.25, 0.3) is 0 Å². The van der Waals surface area contributed by atoms with Crippen LogP contribution in [0.15, 0.2) is 36.7 Å². The molecule has 0 saturated carbocycles. The summed E-state index contributed by atoms with van der Waals surface area (Å²) in [6.45, 7) is 0. The third kappa shape index (κ3) is 18.6. The van der Waals surface area contributed by atoms with Crippen molar-refractivity contribution in [1.29, 1.82) is 0 Å². The van der Waals surface area contributed by atoms with Gasteiger partial charge in [-0.3, -0.25) is 31.7 Å². The zero-order valence-electron chi connectivity index (χ0n) is 13.8. The number of anilines is 2. The predicted octanol–water partition coefficient (Wildman–Crippen LogP) is -0.854. The Labute approximate surface area is 184 Å². The molecule has 0 fully saturated rings. The summed E-state index contributed by atoms with van der Waals surface area (Å²) in [5.41, 5.74) is 10.3. The summed E-state index contributed by atoms with van der Waals surface area (Å²) in [7, 11) is 0. The minimum atomic E-state index is -0.536. The number of nitrogens with zero attached hydrogens (tertiary/aromatic N) is 2. The molecule has 0 aliphatic heterocycles. The van der Waals surface area contributed by atoms with Gasteiger partial charge in [0.05, 0.1) is 22.2 Å². The average molecular weight is 496 g/mol. The zero-order chi connectivity index (χ0) is 15.1. The van der Waals surface area contributed by atoms with E-state index >= 15 is 0 Å². The Bertz CT molecular complexity index is 600. The van der Waals surface area contributed by atoms with E-state index in [2.05, 4.69) is 9.97 Å². The number of H-pyrrole nitrogens is 2. The van der Waals surface area contributed by atoms with Crippen LogP contribution in [0.5, 0.6) is 0 Å². The molecular weight excluding hydrogens is 484 g/mol. The van der Waals surface area contributed by atoms with E-state index in [-0.39, 0.29) is 96.1 Å². The van der Waals surface area contributed by atoms with Gasteiger partial charge in [0, 0.05) is 12.1 Å². The van der Waals surface area contributed by atoms with Gasteiger partial charge in [0.1, 0.15) is 0 Å². The molecule has 2 rings (SSSR count). The van der Waals surface area contributed by atoms with Gasteiger partial charge in [-0.15, -0.1) is 0 Å². The molecule has 0 saturated heterocycles. The second-order valence-electron chi connectivity index (χ2n) is 3.45. The summed E-state index contributed by atoms with van der Waals surface area (Å²) in [5, 5.41) is 20.3. The molecule has 0 aliphatic rings. The summed E-state index contributed by atoms with van der Waals surface area (Å²) >= 11 is 0. The Kier molecular flexibility index (Phi) is 53.7. The zero-order valence-corrected chi connectivity index (χ0v) is 16.4. The van der Waals surface area contributed by atoms with Crippen LogP contribution >= 0.6 is 0 Å². The van der Waals surface area contributed by atoms with Crippen LogP contribution in [0, 0.1) is 20.2 Å². The third-order valence-electron chi connectivity index (χ3n) is 2.12. The number of pyridine rings is 2. The van der Waals surface area contributed by atoms with E-state index in [4.69, 9.17) is 11.5 Å². The molecule has 2 aromatic heterocycles. The second-order valence-corrected chi connectivity index (χ2v) is 3.45. The Morgan fingerprint density at radius 3 is 1.03 bits per heavy atom.